The molecule has 8 rings (SSSR count). The summed E-state index contributed by atoms with van der Waals surface area (Å²) in [4.78, 5) is 16.9. The van der Waals surface area contributed by atoms with Gasteiger partial charge in [0.1, 0.15) is 40.2 Å². The summed E-state index contributed by atoms with van der Waals surface area (Å²) in [5.74, 6) is 2.32. The molecule has 0 fully saturated rings. The lowest BCUT2D eigenvalue weighted by Gasteiger charge is -2.24. The highest BCUT2D eigenvalue weighted by Crippen LogP contribution is 2.46. The number of nitrogens with one attached hydrogen (secondary N) is 1. The lowest BCUT2D eigenvalue weighted by molar-refractivity contribution is 0.416. The number of nitriles is 1. The first-order valence-electron chi connectivity index (χ1n) is 17.4. The maximum absolute atomic E-state index is 10.5. The molecule has 1 N–H and O–H groups in total. The molecule has 0 aliphatic carbocycles. The van der Waals surface area contributed by atoms with E-state index in [1.54, 1.807) is 14.2 Å². The quantitative estimate of drug-likeness (QED) is 0.0755. The summed E-state index contributed by atoms with van der Waals surface area (Å²) in [5.41, 5.74) is 5.36. The van der Waals surface area contributed by atoms with Gasteiger partial charge in [0.25, 0.3) is 0 Å². The van der Waals surface area contributed by atoms with Crippen LogP contribution in [0.1, 0.15) is 30.7 Å². The standard InChI is InChI=1S/C41H33IN10O3S/c1-24-22-34(51(29-17-9-12-20-32(29)54-5)40-46-28-16-8-13-21-33(28)56-40)47-37(44-26-14-6-10-18-30(26)53-4)35(24)48-49-38-25(23-43)36(41(2,3)42)50-52(38)39-45-27-15-7-11-19-31(27)55-39/h6-22H,1-5H3,(H,44,47)/b49-48+. The molecule has 0 amide bonds. The SMILES string of the molecule is COc1ccccc1Nc1nc(N(c2nc3ccccc3s2)c2ccccc2OC)cc(C)c1/N=N/c1c(C#N)c(C(C)(C)I)nn1-c1nc2ccccc2o1. The van der Waals surface area contributed by atoms with Gasteiger partial charge < -0.3 is 19.2 Å². The molecule has 4 heterocycles. The van der Waals surface area contributed by atoms with Crippen molar-refractivity contribution in [2.24, 2.45) is 10.2 Å². The number of rotatable bonds is 11. The third-order valence-corrected chi connectivity index (χ3v) is 10.3. The van der Waals surface area contributed by atoms with Crippen molar-refractivity contribution < 1.29 is 13.9 Å². The first-order valence-corrected chi connectivity index (χ1v) is 19.3. The number of aryl methyl sites for hydroxylation is 1. The van der Waals surface area contributed by atoms with Crippen molar-refractivity contribution in [3.63, 3.8) is 0 Å². The van der Waals surface area contributed by atoms with E-state index in [1.807, 2.05) is 129 Å². The van der Waals surface area contributed by atoms with Crippen LogP contribution in [0.15, 0.2) is 118 Å². The topological polar surface area (TPSA) is 152 Å². The lowest BCUT2D eigenvalue weighted by Crippen LogP contribution is -2.13. The second kappa shape index (κ2) is 15.0. The van der Waals surface area contributed by atoms with E-state index in [-0.39, 0.29) is 17.4 Å². The first-order chi connectivity index (χ1) is 27.2. The van der Waals surface area contributed by atoms with Crippen molar-refractivity contribution in [3.8, 4) is 23.6 Å². The number of halogens is 1. The van der Waals surface area contributed by atoms with Gasteiger partial charge in [0.05, 0.1) is 44.9 Å². The molecule has 0 unspecified atom stereocenters. The number of azo groups is 1. The fourth-order valence-electron chi connectivity index (χ4n) is 6.15. The van der Waals surface area contributed by atoms with E-state index in [0.717, 1.165) is 21.5 Å². The number of thiazole rings is 1. The molecule has 0 radical (unpaired) electrons. The molecule has 0 saturated heterocycles. The number of aromatic nitrogens is 5. The molecular weight excluding hydrogens is 839 g/mol. The third-order valence-electron chi connectivity index (χ3n) is 8.80. The van der Waals surface area contributed by atoms with Crippen LogP contribution < -0.4 is 19.7 Å². The van der Waals surface area contributed by atoms with Crippen LogP contribution in [0.2, 0.25) is 0 Å². The van der Waals surface area contributed by atoms with Crippen molar-refractivity contribution in [3.05, 3.63) is 120 Å². The molecule has 0 spiro atoms. The Hall–Kier alpha value is -6.38. The summed E-state index contributed by atoms with van der Waals surface area (Å²) in [7, 11) is 3.24. The average Bonchev–Trinajstić information content (AvgIpc) is 3.93. The maximum Gasteiger partial charge on any atom is 0.325 e. The van der Waals surface area contributed by atoms with Gasteiger partial charge in [-0.05, 0) is 80.9 Å². The van der Waals surface area contributed by atoms with E-state index >= 15 is 0 Å². The smallest absolute Gasteiger partial charge is 0.325 e. The number of alkyl halides is 1. The van der Waals surface area contributed by atoms with Crippen LogP contribution in [-0.2, 0) is 3.42 Å². The van der Waals surface area contributed by atoms with Gasteiger partial charge >= 0.3 is 6.01 Å². The predicted molar refractivity (Wildman–Crippen MR) is 227 cm³/mol. The number of hydrogen-bond acceptors (Lipinski definition) is 13. The number of methoxy groups -OCH3 is 2. The van der Waals surface area contributed by atoms with E-state index in [0.29, 0.717) is 56.4 Å². The number of ether oxygens (including phenoxy) is 2. The molecule has 0 aliphatic rings. The zero-order valence-corrected chi connectivity index (χ0v) is 33.8. The second-order valence-electron chi connectivity index (χ2n) is 13.0. The van der Waals surface area contributed by atoms with Gasteiger partial charge in [-0.3, -0.25) is 4.90 Å². The van der Waals surface area contributed by atoms with Crippen LogP contribution in [0.25, 0.3) is 27.3 Å². The van der Waals surface area contributed by atoms with Gasteiger partial charge in [0.15, 0.2) is 16.5 Å². The fraction of sp³-hybridized carbons (Fsp3) is 0.146. The number of anilines is 5. The van der Waals surface area contributed by atoms with Crippen LogP contribution in [0.3, 0.4) is 0 Å². The number of para-hydroxylation sites is 7. The molecule has 4 aromatic carbocycles. The summed E-state index contributed by atoms with van der Waals surface area (Å²) in [6.45, 7) is 5.86. The minimum absolute atomic E-state index is 0.157. The zero-order valence-electron chi connectivity index (χ0n) is 30.9. The summed E-state index contributed by atoms with van der Waals surface area (Å²) in [5, 5.41) is 29.0. The minimum atomic E-state index is -0.539. The van der Waals surface area contributed by atoms with Crippen molar-refractivity contribution in [1.82, 2.24) is 24.7 Å². The Bertz CT molecular complexity index is 2750. The van der Waals surface area contributed by atoms with Gasteiger partial charge in [0, 0.05) is 0 Å². The highest BCUT2D eigenvalue weighted by molar-refractivity contribution is 14.1. The number of pyridine rings is 1. The highest BCUT2D eigenvalue weighted by Gasteiger charge is 2.31. The Morgan fingerprint density at radius 2 is 1.57 bits per heavy atom. The molecule has 0 atom stereocenters. The molecule has 0 bridgehead atoms. The van der Waals surface area contributed by atoms with E-state index in [1.165, 1.54) is 16.0 Å². The average molecular weight is 873 g/mol. The largest absolute Gasteiger partial charge is 0.495 e. The van der Waals surface area contributed by atoms with E-state index < -0.39 is 3.42 Å². The number of hydrogen-bond donors (Lipinski definition) is 1. The molecule has 4 aromatic heterocycles. The monoisotopic (exact) mass is 872 g/mol. The molecule has 8 aromatic rings. The molecule has 13 nitrogen and oxygen atoms in total. The van der Waals surface area contributed by atoms with Gasteiger partial charge in [-0.15, -0.1) is 10.2 Å². The van der Waals surface area contributed by atoms with Crippen molar-refractivity contribution in [1.29, 1.82) is 5.26 Å². The van der Waals surface area contributed by atoms with Gasteiger partial charge in [-0.25, -0.2) is 9.97 Å². The number of benzene rings is 4. The Morgan fingerprint density at radius 3 is 2.30 bits per heavy atom. The number of nitrogens with zero attached hydrogens (tertiary/aromatic N) is 9. The molecule has 56 heavy (non-hydrogen) atoms. The molecule has 278 valence electrons. The van der Waals surface area contributed by atoms with E-state index in [9.17, 15) is 5.26 Å². The van der Waals surface area contributed by atoms with E-state index in [2.05, 4.69) is 39.0 Å². The van der Waals surface area contributed by atoms with Gasteiger partial charge in [-0.1, -0.05) is 82.5 Å². The fourth-order valence-corrected chi connectivity index (χ4v) is 7.51. The van der Waals surface area contributed by atoms with Crippen molar-refractivity contribution >= 4 is 94.9 Å². The summed E-state index contributed by atoms with van der Waals surface area (Å²) >= 11 is 3.79. The number of oxazole rings is 1. The summed E-state index contributed by atoms with van der Waals surface area (Å²) in [6, 6.07) is 35.0. The predicted octanol–water partition coefficient (Wildman–Crippen LogP) is 11.5. The maximum atomic E-state index is 10.5. The van der Waals surface area contributed by atoms with Crippen molar-refractivity contribution in [2.45, 2.75) is 24.2 Å². The van der Waals surface area contributed by atoms with Crippen LogP contribution in [0, 0.1) is 18.3 Å². The minimum Gasteiger partial charge on any atom is -0.495 e. The third kappa shape index (κ3) is 6.88. The Labute approximate surface area is 339 Å². The van der Waals surface area contributed by atoms with Crippen LogP contribution in [-0.4, -0.2) is 39.0 Å². The van der Waals surface area contributed by atoms with Gasteiger partial charge in [0.2, 0.25) is 5.82 Å². The van der Waals surface area contributed by atoms with Crippen molar-refractivity contribution in [2.75, 3.05) is 24.4 Å². The molecule has 15 heteroatoms. The highest BCUT2D eigenvalue weighted by atomic mass is 127. The van der Waals surface area contributed by atoms with Crippen LogP contribution in [0.5, 0.6) is 11.5 Å². The lowest BCUT2D eigenvalue weighted by atomic mass is 10.1. The van der Waals surface area contributed by atoms with Gasteiger partial charge in [-0.2, -0.15) is 20.0 Å². The molecular formula is C41H33IN10O3S. The molecule has 0 aliphatic heterocycles. The second-order valence-corrected chi connectivity index (χ2v) is 16.7. The first kappa shape index (κ1) is 36.6. The van der Waals surface area contributed by atoms with Crippen LogP contribution in [0.4, 0.5) is 39.6 Å². The summed E-state index contributed by atoms with van der Waals surface area (Å²) in [6.07, 6.45) is 0. The normalized spacial score (nSPS) is 11.7. The zero-order chi connectivity index (χ0) is 39.0. The Kier molecular flexibility index (Phi) is 9.83. The Balaban J connectivity index is 1.34. The Morgan fingerprint density at radius 1 is 0.875 bits per heavy atom. The molecule has 0 saturated carbocycles. The van der Waals surface area contributed by atoms with E-state index in [4.69, 9.17) is 39.2 Å². The van der Waals surface area contributed by atoms with Crippen LogP contribution >= 0.6 is 33.9 Å². The number of fused-ring (bicyclic) bond motifs is 2. The summed E-state index contributed by atoms with van der Waals surface area (Å²) < 4.78 is 19.6.